The van der Waals surface area contributed by atoms with Gasteiger partial charge in [0.05, 0.1) is 12.8 Å². The molecule has 0 aliphatic heterocycles. The lowest BCUT2D eigenvalue weighted by Gasteiger charge is -2.06. The lowest BCUT2D eigenvalue weighted by molar-refractivity contribution is 0.103. The zero-order valence-electron chi connectivity index (χ0n) is 10.7. The molecule has 3 nitrogen and oxygen atoms in total. The van der Waals surface area contributed by atoms with Crippen LogP contribution >= 0.6 is 0 Å². The van der Waals surface area contributed by atoms with Gasteiger partial charge in [-0.3, -0.25) is 9.78 Å². The van der Waals surface area contributed by atoms with Gasteiger partial charge in [-0.1, -0.05) is 19.9 Å². The van der Waals surface area contributed by atoms with E-state index in [9.17, 15) is 4.79 Å². The van der Waals surface area contributed by atoms with E-state index in [1.165, 1.54) is 0 Å². The molecule has 0 saturated heterocycles. The van der Waals surface area contributed by atoms with Gasteiger partial charge < -0.3 is 4.74 Å². The molecule has 0 spiro atoms. The van der Waals surface area contributed by atoms with Gasteiger partial charge in [0, 0.05) is 11.8 Å². The van der Waals surface area contributed by atoms with E-state index >= 15 is 0 Å². The first-order valence-electron chi connectivity index (χ1n) is 6.00. The van der Waals surface area contributed by atoms with E-state index < -0.39 is 0 Å². The van der Waals surface area contributed by atoms with E-state index in [0.29, 0.717) is 17.9 Å². The molecule has 0 unspecified atom stereocenters. The second kappa shape index (κ2) is 6.84. The highest BCUT2D eigenvalue weighted by atomic mass is 16.5. The van der Waals surface area contributed by atoms with Crippen LogP contribution in [0.4, 0.5) is 0 Å². The molecule has 3 heteroatoms. The average Bonchev–Trinajstić information content (AvgIpc) is 2.38. The maximum Gasteiger partial charge on any atom is 0.190 e. The van der Waals surface area contributed by atoms with Crippen molar-refractivity contribution in [2.75, 3.05) is 6.61 Å². The van der Waals surface area contributed by atoms with E-state index in [1.807, 2.05) is 26.8 Å². The van der Waals surface area contributed by atoms with E-state index in [1.54, 1.807) is 18.5 Å². The number of rotatable bonds is 6. The van der Waals surface area contributed by atoms with Gasteiger partial charge in [0.15, 0.2) is 5.78 Å². The topological polar surface area (TPSA) is 39.2 Å². The van der Waals surface area contributed by atoms with Crippen LogP contribution in [-0.2, 0) is 0 Å². The maximum atomic E-state index is 12.1. The minimum Gasteiger partial charge on any atom is -0.492 e. The Hall–Kier alpha value is -1.64. The monoisotopic (exact) mass is 233 g/mol. The molecule has 0 aliphatic rings. The second-order valence-electron chi connectivity index (χ2n) is 3.75. The van der Waals surface area contributed by atoms with Crippen LogP contribution in [0.3, 0.4) is 0 Å². The Bertz CT molecular complexity index is 410. The fourth-order valence-corrected chi connectivity index (χ4v) is 1.52. The molecule has 92 valence electrons. The fourth-order valence-electron chi connectivity index (χ4n) is 1.52. The molecule has 0 aromatic carbocycles. The number of pyridine rings is 1. The molecule has 0 atom stereocenters. The summed E-state index contributed by atoms with van der Waals surface area (Å²) in [7, 11) is 0. The third-order valence-electron chi connectivity index (χ3n) is 2.47. The highest BCUT2D eigenvalue weighted by molar-refractivity contribution is 6.08. The highest BCUT2D eigenvalue weighted by Gasteiger charge is 2.11. The fraction of sp³-hybridized carbons (Fsp3) is 0.429. The highest BCUT2D eigenvalue weighted by Crippen LogP contribution is 2.16. The van der Waals surface area contributed by atoms with Crippen LogP contribution < -0.4 is 4.74 Å². The quantitative estimate of drug-likeness (QED) is 0.558. The van der Waals surface area contributed by atoms with Crippen molar-refractivity contribution in [3.63, 3.8) is 0 Å². The van der Waals surface area contributed by atoms with Crippen molar-refractivity contribution in [2.45, 2.75) is 33.6 Å². The number of carbonyl (C=O) groups is 1. The lowest BCUT2D eigenvalue weighted by Crippen LogP contribution is -2.04. The number of ether oxygens (including phenoxy) is 1. The number of ketones is 1. The summed E-state index contributed by atoms with van der Waals surface area (Å²) in [5.74, 6) is 0.689. The first kappa shape index (κ1) is 13.4. The second-order valence-corrected chi connectivity index (χ2v) is 3.75. The first-order valence-corrected chi connectivity index (χ1v) is 6.00. The van der Waals surface area contributed by atoms with Crippen LogP contribution in [0.1, 0.15) is 44.0 Å². The molecular formula is C14H19NO2. The minimum absolute atomic E-state index is 0.0319. The predicted molar refractivity (Wildman–Crippen MR) is 68.4 cm³/mol. The standard InChI is InChI=1S/C14H19NO2/c1-4-7-17-13-8-12(9-15-10-13)14(16)11(5-2)6-3/h5,8-10H,4,6-7H2,1-3H3/b11-5+. The third-order valence-corrected chi connectivity index (χ3v) is 2.47. The van der Waals surface area contributed by atoms with Crippen molar-refractivity contribution in [3.8, 4) is 5.75 Å². The average molecular weight is 233 g/mol. The minimum atomic E-state index is 0.0319. The third kappa shape index (κ3) is 3.70. The number of nitrogens with zero attached hydrogens (tertiary/aromatic N) is 1. The molecule has 0 saturated carbocycles. The summed E-state index contributed by atoms with van der Waals surface area (Å²) in [5, 5.41) is 0. The van der Waals surface area contributed by atoms with Crippen molar-refractivity contribution in [1.29, 1.82) is 0 Å². The van der Waals surface area contributed by atoms with E-state index in [2.05, 4.69) is 4.98 Å². The van der Waals surface area contributed by atoms with Crippen LogP contribution in [0.15, 0.2) is 30.1 Å². The molecule has 0 radical (unpaired) electrons. The van der Waals surface area contributed by atoms with Gasteiger partial charge in [-0.25, -0.2) is 0 Å². The predicted octanol–water partition coefficient (Wildman–Crippen LogP) is 3.41. The summed E-state index contributed by atoms with van der Waals surface area (Å²) in [6.07, 6.45) is 6.73. The molecule has 0 aliphatic carbocycles. The summed E-state index contributed by atoms with van der Waals surface area (Å²) < 4.78 is 5.46. The molecular weight excluding hydrogens is 214 g/mol. The summed E-state index contributed by atoms with van der Waals surface area (Å²) >= 11 is 0. The number of hydrogen-bond donors (Lipinski definition) is 0. The molecule has 1 rings (SSSR count). The van der Waals surface area contributed by atoms with Crippen molar-refractivity contribution < 1.29 is 9.53 Å². The van der Waals surface area contributed by atoms with Gasteiger partial charge in [0.2, 0.25) is 0 Å². The van der Waals surface area contributed by atoms with Crippen LogP contribution in [0.25, 0.3) is 0 Å². The SMILES string of the molecule is C/C=C(\CC)C(=O)c1cncc(OCCC)c1. The molecule has 17 heavy (non-hydrogen) atoms. The molecule has 1 heterocycles. The normalized spacial score (nSPS) is 11.4. The smallest absolute Gasteiger partial charge is 0.190 e. The number of hydrogen-bond acceptors (Lipinski definition) is 3. The largest absolute Gasteiger partial charge is 0.492 e. The van der Waals surface area contributed by atoms with E-state index in [0.717, 1.165) is 18.4 Å². The van der Waals surface area contributed by atoms with Gasteiger partial charge >= 0.3 is 0 Å². The lowest BCUT2D eigenvalue weighted by atomic mass is 10.0. The van der Waals surface area contributed by atoms with Gasteiger partial charge in [-0.05, 0) is 31.4 Å². The Morgan fingerprint density at radius 1 is 1.41 bits per heavy atom. The van der Waals surface area contributed by atoms with Crippen LogP contribution in [-0.4, -0.2) is 17.4 Å². The molecule has 1 aromatic rings. The first-order chi connectivity index (χ1) is 8.22. The van der Waals surface area contributed by atoms with E-state index in [-0.39, 0.29) is 5.78 Å². The Balaban J connectivity index is 2.87. The van der Waals surface area contributed by atoms with Crippen molar-refractivity contribution in [3.05, 3.63) is 35.7 Å². The summed E-state index contributed by atoms with van der Waals surface area (Å²) in [5.41, 5.74) is 1.40. The van der Waals surface area contributed by atoms with Crippen molar-refractivity contribution >= 4 is 5.78 Å². The van der Waals surface area contributed by atoms with E-state index in [4.69, 9.17) is 4.74 Å². The zero-order chi connectivity index (χ0) is 12.7. The zero-order valence-corrected chi connectivity index (χ0v) is 10.7. The van der Waals surface area contributed by atoms with Crippen molar-refractivity contribution in [2.24, 2.45) is 0 Å². The maximum absolute atomic E-state index is 12.1. The molecule has 0 N–H and O–H groups in total. The Kier molecular flexibility index (Phi) is 5.40. The number of aromatic nitrogens is 1. The number of carbonyl (C=O) groups excluding carboxylic acids is 1. The van der Waals surface area contributed by atoms with Gasteiger partial charge in [0.1, 0.15) is 5.75 Å². The van der Waals surface area contributed by atoms with Gasteiger partial charge in [0.25, 0.3) is 0 Å². The van der Waals surface area contributed by atoms with Crippen LogP contribution in [0.5, 0.6) is 5.75 Å². The summed E-state index contributed by atoms with van der Waals surface area (Å²) in [6, 6.07) is 1.75. The Labute approximate surface area is 103 Å². The molecule has 1 aromatic heterocycles. The molecule has 0 amide bonds. The Morgan fingerprint density at radius 3 is 2.76 bits per heavy atom. The summed E-state index contributed by atoms with van der Waals surface area (Å²) in [6.45, 7) is 6.53. The molecule has 0 fully saturated rings. The number of Topliss-reactive ketones (excluding diaryl/α,β-unsaturated/α-hetero) is 1. The van der Waals surface area contributed by atoms with Crippen LogP contribution in [0.2, 0.25) is 0 Å². The Morgan fingerprint density at radius 2 is 2.18 bits per heavy atom. The van der Waals surface area contributed by atoms with Gasteiger partial charge in [-0.15, -0.1) is 0 Å². The van der Waals surface area contributed by atoms with Crippen molar-refractivity contribution in [1.82, 2.24) is 4.98 Å². The summed E-state index contributed by atoms with van der Waals surface area (Å²) in [4.78, 5) is 16.1. The van der Waals surface area contributed by atoms with Gasteiger partial charge in [-0.2, -0.15) is 0 Å². The number of allylic oxidation sites excluding steroid dienone is 2. The van der Waals surface area contributed by atoms with Crippen LogP contribution in [0, 0.1) is 0 Å². The molecule has 0 bridgehead atoms.